The van der Waals surface area contributed by atoms with E-state index in [0.717, 1.165) is 0 Å². The van der Waals surface area contributed by atoms with Crippen molar-refractivity contribution in [1.29, 1.82) is 0 Å². The summed E-state index contributed by atoms with van der Waals surface area (Å²) >= 11 is 26.6. The molecule has 0 fully saturated rings. The molecule has 9 heteroatoms. The maximum Gasteiger partial charge on any atom is 0.270 e. The predicted octanol–water partition coefficient (Wildman–Crippen LogP) is 5.08. The molecule has 4 nitrogen and oxygen atoms in total. The molecule has 2 N–H and O–H groups in total. The molecule has 0 unspecified atom stereocenters. The van der Waals surface area contributed by atoms with Gasteiger partial charge in [-0.2, -0.15) is 0 Å². The van der Waals surface area contributed by atoms with Crippen LogP contribution in [0.4, 0.5) is 5.82 Å². The minimum Gasteiger partial charge on any atom is -0.282 e. The maximum atomic E-state index is 12.1. The van der Waals surface area contributed by atoms with Gasteiger partial charge < -0.3 is 0 Å². The lowest BCUT2D eigenvalue weighted by Crippen LogP contribution is -2.30. The summed E-state index contributed by atoms with van der Waals surface area (Å²) in [7, 11) is 0. The number of halogens is 5. The van der Waals surface area contributed by atoms with Crippen molar-refractivity contribution in [2.75, 3.05) is 5.43 Å². The van der Waals surface area contributed by atoms with Crippen LogP contribution >= 0.6 is 62.3 Å². The highest BCUT2D eigenvalue weighted by Crippen LogP contribution is 2.39. The fourth-order valence-corrected chi connectivity index (χ4v) is 2.56. The Labute approximate surface area is 155 Å². The fourth-order valence-electron chi connectivity index (χ4n) is 1.56. The molecular weight excluding hydrogens is 436 g/mol. The van der Waals surface area contributed by atoms with Gasteiger partial charge in [-0.3, -0.25) is 15.6 Å². The lowest BCUT2D eigenvalue weighted by molar-refractivity contribution is 0.0961. The Morgan fingerprint density at radius 2 is 1.86 bits per heavy atom. The number of aromatic nitrogens is 1. The molecule has 0 bridgehead atoms. The Bertz CT molecular complexity index is 706. The maximum absolute atomic E-state index is 12.1. The number of hydrazine groups is 1. The third-order valence-corrected chi connectivity index (χ3v) is 4.08. The average Bonchev–Trinajstić information content (AvgIpc) is 2.44. The summed E-state index contributed by atoms with van der Waals surface area (Å²) in [4.78, 5) is 16.1. The zero-order valence-electron chi connectivity index (χ0n) is 10.7. The van der Waals surface area contributed by atoms with Gasteiger partial charge in [-0.15, -0.1) is 0 Å². The van der Waals surface area contributed by atoms with Crippen molar-refractivity contribution in [3.05, 3.63) is 57.2 Å². The Hall–Kier alpha value is -0.720. The van der Waals surface area contributed by atoms with Gasteiger partial charge in [0, 0.05) is 10.0 Å². The Balaban J connectivity index is 2.14. The number of anilines is 1. The van der Waals surface area contributed by atoms with Crippen LogP contribution in [-0.4, -0.2) is 10.9 Å². The quantitative estimate of drug-likeness (QED) is 0.395. The number of carbonyl (C=O) groups excluding carboxylic acids is 1. The van der Waals surface area contributed by atoms with Crippen molar-refractivity contribution in [2.45, 2.75) is 3.79 Å². The van der Waals surface area contributed by atoms with E-state index in [2.05, 4.69) is 31.8 Å². The molecule has 1 amide bonds. The summed E-state index contributed by atoms with van der Waals surface area (Å²) in [6.07, 6.45) is 0. The molecule has 0 saturated carbocycles. The van der Waals surface area contributed by atoms with Crippen molar-refractivity contribution >= 4 is 74.1 Å². The van der Waals surface area contributed by atoms with Crippen molar-refractivity contribution in [3.63, 3.8) is 0 Å². The van der Waals surface area contributed by atoms with Crippen LogP contribution < -0.4 is 10.9 Å². The highest BCUT2D eigenvalue weighted by atomic mass is 79.9. The normalized spacial score (nSPS) is 11.1. The van der Waals surface area contributed by atoms with E-state index in [1.54, 1.807) is 24.3 Å². The summed E-state index contributed by atoms with van der Waals surface area (Å²) in [6.45, 7) is 0. The predicted molar refractivity (Wildman–Crippen MR) is 93.7 cm³/mol. The van der Waals surface area contributed by atoms with Crippen LogP contribution in [0.25, 0.3) is 0 Å². The number of hydrogen-bond acceptors (Lipinski definition) is 3. The summed E-state index contributed by atoms with van der Waals surface area (Å²) in [6, 6.07) is 9.87. The number of carbonyl (C=O) groups is 1. The molecule has 0 atom stereocenters. The number of pyridine rings is 1. The lowest BCUT2D eigenvalue weighted by atomic mass is 10.2. The first-order valence-corrected chi connectivity index (χ1v) is 8.13. The monoisotopic (exact) mass is 441 g/mol. The summed E-state index contributed by atoms with van der Waals surface area (Å²) in [5, 5.41) is 0.126. The van der Waals surface area contributed by atoms with Crippen LogP contribution in [-0.2, 0) is 3.79 Å². The highest BCUT2D eigenvalue weighted by molar-refractivity contribution is 9.10. The van der Waals surface area contributed by atoms with Crippen molar-refractivity contribution in [3.8, 4) is 0 Å². The molecule has 2 aromatic rings. The van der Waals surface area contributed by atoms with Gasteiger partial charge in [-0.1, -0.05) is 58.5 Å². The van der Waals surface area contributed by atoms with Crippen molar-refractivity contribution in [2.24, 2.45) is 0 Å². The molecule has 2 rings (SSSR count). The van der Waals surface area contributed by atoms with Gasteiger partial charge in [0.05, 0.1) is 5.56 Å². The smallest absolute Gasteiger partial charge is 0.270 e. The Kier molecular flexibility index (Phi) is 5.80. The molecule has 0 aliphatic heterocycles. The van der Waals surface area contributed by atoms with Crippen molar-refractivity contribution < 1.29 is 4.79 Å². The number of nitrogens with zero attached hydrogens (tertiary/aromatic N) is 1. The van der Waals surface area contributed by atoms with Crippen LogP contribution in [0.5, 0.6) is 0 Å². The molecule has 116 valence electrons. The van der Waals surface area contributed by atoms with E-state index in [9.17, 15) is 4.79 Å². The zero-order chi connectivity index (χ0) is 16.3. The summed E-state index contributed by atoms with van der Waals surface area (Å²) in [5.74, 6) is -0.112. The van der Waals surface area contributed by atoms with Crippen LogP contribution in [0.2, 0.25) is 5.15 Å². The number of benzene rings is 1. The SMILES string of the molecule is O=C(NNc1cc(C(Cl)(Cl)Cl)cc(Cl)n1)c1ccccc1Br. The Morgan fingerprint density at radius 3 is 2.50 bits per heavy atom. The second kappa shape index (κ2) is 7.23. The van der Waals surface area contributed by atoms with Crippen LogP contribution in [0.15, 0.2) is 40.9 Å². The fraction of sp³-hybridized carbons (Fsp3) is 0.0769. The van der Waals surface area contributed by atoms with Crippen molar-refractivity contribution in [1.82, 2.24) is 10.4 Å². The Morgan fingerprint density at radius 1 is 1.18 bits per heavy atom. The second-order valence-electron chi connectivity index (χ2n) is 4.12. The largest absolute Gasteiger partial charge is 0.282 e. The van der Waals surface area contributed by atoms with Gasteiger partial charge in [0.15, 0.2) is 0 Å². The number of rotatable bonds is 3. The number of hydrogen-bond donors (Lipinski definition) is 2. The van der Waals surface area contributed by atoms with Gasteiger partial charge in [-0.05, 0) is 40.2 Å². The summed E-state index contributed by atoms with van der Waals surface area (Å²) < 4.78 is -0.981. The van der Waals surface area contributed by atoms with Gasteiger partial charge in [-0.25, -0.2) is 4.98 Å². The van der Waals surface area contributed by atoms with Crippen LogP contribution in [0, 0.1) is 0 Å². The molecule has 0 aliphatic rings. The first-order chi connectivity index (χ1) is 10.3. The molecule has 1 aromatic carbocycles. The first kappa shape index (κ1) is 17.6. The van der Waals surface area contributed by atoms with Gasteiger partial charge in [0.2, 0.25) is 3.79 Å². The number of alkyl halides is 3. The van der Waals surface area contributed by atoms with E-state index in [0.29, 0.717) is 15.6 Å². The number of nitrogens with one attached hydrogen (secondary N) is 2. The van der Waals surface area contributed by atoms with Gasteiger partial charge in [0.1, 0.15) is 11.0 Å². The zero-order valence-corrected chi connectivity index (χ0v) is 15.3. The van der Waals surface area contributed by atoms with E-state index < -0.39 is 3.79 Å². The van der Waals surface area contributed by atoms with E-state index in [1.165, 1.54) is 12.1 Å². The molecule has 0 radical (unpaired) electrons. The lowest BCUT2D eigenvalue weighted by Gasteiger charge is -2.14. The molecule has 0 spiro atoms. The molecular formula is C13H8BrCl4N3O. The number of amides is 1. The standard InChI is InChI=1S/C13H8BrCl4N3O/c14-9-4-2-1-3-8(9)12(22)21-20-11-6-7(13(16,17)18)5-10(15)19-11/h1-6H,(H,19,20)(H,21,22). The molecule has 0 aliphatic carbocycles. The third-order valence-electron chi connectivity index (χ3n) is 2.54. The van der Waals surface area contributed by atoms with Gasteiger partial charge in [0.25, 0.3) is 5.91 Å². The van der Waals surface area contributed by atoms with Gasteiger partial charge >= 0.3 is 0 Å². The molecule has 22 heavy (non-hydrogen) atoms. The molecule has 1 heterocycles. The third kappa shape index (κ3) is 4.64. The topological polar surface area (TPSA) is 54.0 Å². The molecule has 0 saturated heterocycles. The first-order valence-electron chi connectivity index (χ1n) is 5.83. The average molecular weight is 444 g/mol. The summed E-state index contributed by atoms with van der Waals surface area (Å²) in [5.41, 5.74) is 5.91. The van der Waals surface area contributed by atoms with Crippen LogP contribution in [0.1, 0.15) is 15.9 Å². The van der Waals surface area contributed by atoms with Crippen LogP contribution in [0.3, 0.4) is 0 Å². The van der Waals surface area contributed by atoms with E-state index in [-0.39, 0.29) is 16.9 Å². The molecule has 1 aromatic heterocycles. The van der Waals surface area contributed by atoms with E-state index >= 15 is 0 Å². The second-order valence-corrected chi connectivity index (χ2v) is 7.64. The highest BCUT2D eigenvalue weighted by Gasteiger charge is 2.24. The minimum atomic E-state index is -1.64. The minimum absolute atomic E-state index is 0.126. The van der Waals surface area contributed by atoms with E-state index in [1.807, 2.05) is 0 Å². The van der Waals surface area contributed by atoms with E-state index in [4.69, 9.17) is 46.4 Å².